The predicted molar refractivity (Wildman–Crippen MR) is 110 cm³/mol. The van der Waals surface area contributed by atoms with E-state index in [9.17, 15) is 4.79 Å². The van der Waals surface area contributed by atoms with Crippen LogP contribution >= 0.6 is 0 Å². The van der Waals surface area contributed by atoms with E-state index in [0.29, 0.717) is 0 Å². The van der Waals surface area contributed by atoms with Crippen molar-refractivity contribution >= 4 is 39.2 Å². The Labute approximate surface area is 157 Å². The summed E-state index contributed by atoms with van der Waals surface area (Å²) < 4.78 is 0. The van der Waals surface area contributed by atoms with E-state index in [2.05, 4.69) is 22.2 Å². The summed E-state index contributed by atoms with van der Waals surface area (Å²) in [5, 5.41) is 4.83. The van der Waals surface area contributed by atoms with Gasteiger partial charge in [0.2, 0.25) is 0 Å². The van der Waals surface area contributed by atoms with Gasteiger partial charge in [-0.25, -0.2) is 4.79 Å². The first-order valence-electron chi connectivity index (χ1n) is 8.79. The summed E-state index contributed by atoms with van der Waals surface area (Å²) in [6.07, 6.45) is 3.49. The molecule has 0 bridgehead atoms. The molecule has 4 rings (SSSR count). The maximum Gasteiger partial charge on any atom is 0.326 e. The number of aromatic nitrogens is 2. The number of amides is 2. The van der Waals surface area contributed by atoms with Crippen LogP contribution in [-0.4, -0.2) is 23.0 Å². The van der Waals surface area contributed by atoms with Crippen LogP contribution < -0.4 is 10.2 Å². The monoisotopic (exact) mass is 356 g/mol. The summed E-state index contributed by atoms with van der Waals surface area (Å²) in [6, 6.07) is 15.4. The lowest BCUT2D eigenvalue weighted by Crippen LogP contribution is -2.31. The lowest BCUT2D eigenvalue weighted by molar-refractivity contribution is 0.258. The number of aryl methyl sites for hydroxylation is 2. The first-order valence-corrected chi connectivity index (χ1v) is 8.79. The molecule has 5 heteroatoms. The van der Waals surface area contributed by atoms with Crippen molar-refractivity contribution in [3.8, 4) is 0 Å². The zero-order valence-corrected chi connectivity index (χ0v) is 15.5. The average molecular weight is 356 g/mol. The van der Waals surface area contributed by atoms with E-state index in [4.69, 9.17) is 0 Å². The van der Waals surface area contributed by atoms with Gasteiger partial charge in [0.15, 0.2) is 0 Å². The highest BCUT2D eigenvalue weighted by atomic mass is 16.2. The fourth-order valence-corrected chi connectivity index (χ4v) is 3.13. The molecule has 2 aromatic carbocycles. The minimum Gasteiger partial charge on any atom is -0.307 e. The highest BCUT2D eigenvalue weighted by molar-refractivity contribution is 6.13. The number of urea groups is 1. The van der Waals surface area contributed by atoms with E-state index in [0.717, 1.165) is 38.7 Å². The van der Waals surface area contributed by atoms with Crippen LogP contribution in [0, 0.1) is 13.8 Å². The number of hydrogen-bond donors (Lipinski definition) is 1. The molecule has 0 aliphatic carbocycles. The molecule has 0 saturated heterocycles. The lowest BCUT2D eigenvalue weighted by Gasteiger charge is -2.20. The lowest BCUT2D eigenvalue weighted by atomic mass is 10.1. The Balaban J connectivity index is 1.73. The molecule has 0 atom stereocenters. The van der Waals surface area contributed by atoms with Crippen LogP contribution in [0.15, 0.2) is 60.9 Å². The maximum atomic E-state index is 12.9. The fourth-order valence-electron chi connectivity index (χ4n) is 3.13. The zero-order valence-electron chi connectivity index (χ0n) is 15.5. The number of carbonyl (C=O) groups excluding carboxylic acids is 1. The summed E-state index contributed by atoms with van der Waals surface area (Å²) >= 11 is 0. The molecule has 2 aromatic heterocycles. The third-order valence-electron chi connectivity index (χ3n) is 4.88. The quantitative estimate of drug-likeness (QED) is 0.510. The van der Waals surface area contributed by atoms with Crippen molar-refractivity contribution < 1.29 is 4.79 Å². The largest absolute Gasteiger partial charge is 0.326 e. The normalized spacial score (nSPS) is 10.9. The van der Waals surface area contributed by atoms with Gasteiger partial charge in [-0.3, -0.25) is 14.9 Å². The van der Waals surface area contributed by atoms with Crippen molar-refractivity contribution in [2.24, 2.45) is 0 Å². The molecule has 0 spiro atoms. The Morgan fingerprint density at radius 3 is 2.44 bits per heavy atom. The van der Waals surface area contributed by atoms with Crippen LogP contribution in [0.4, 0.5) is 16.2 Å². The first kappa shape index (κ1) is 17.0. The standard InChI is InChI=1S/C22H20N4O/c1-14-8-9-17(12-15(14)2)26(3)22(27)25-19-13-16-6-4-10-23-20(16)21-18(19)7-5-11-24-21/h4-13H,1-3H3,(H,25,27). The predicted octanol–water partition coefficient (Wildman–Crippen LogP) is 5.07. The molecule has 2 heterocycles. The van der Waals surface area contributed by atoms with Crippen LogP contribution in [0.1, 0.15) is 11.1 Å². The highest BCUT2D eigenvalue weighted by Crippen LogP contribution is 2.29. The maximum absolute atomic E-state index is 12.9. The zero-order chi connectivity index (χ0) is 19.0. The second-order valence-corrected chi connectivity index (χ2v) is 6.66. The number of carbonyl (C=O) groups is 1. The summed E-state index contributed by atoms with van der Waals surface area (Å²) in [7, 11) is 1.77. The highest BCUT2D eigenvalue weighted by Gasteiger charge is 2.15. The van der Waals surface area contributed by atoms with Crippen molar-refractivity contribution in [1.29, 1.82) is 0 Å². The van der Waals surface area contributed by atoms with Crippen molar-refractivity contribution in [2.45, 2.75) is 13.8 Å². The number of pyridine rings is 2. The van der Waals surface area contributed by atoms with Gasteiger partial charge in [-0.2, -0.15) is 0 Å². The van der Waals surface area contributed by atoms with Gasteiger partial charge in [0.05, 0.1) is 16.7 Å². The van der Waals surface area contributed by atoms with E-state index in [-0.39, 0.29) is 6.03 Å². The molecule has 5 nitrogen and oxygen atoms in total. The number of hydrogen-bond acceptors (Lipinski definition) is 3. The van der Waals surface area contributed by atoms with Crippen LogP contribution in [0.2, 0.25) is 0 Å². The van der Waals surface area contributed by atoms with Crippen molar-refractivity contribution in [1.82, 2.24) is 9.97 Å². The number of rotatable bonds is 2. The van der Waals surface area contributed by atoms with E-state index >= 15 is 0 Å². The van der Waals surface area contributed by atoms with Crippen LogP contribution in [0.5, 0.6) is 0 Å². The van der Waals surface area contributed by atoms with Gasteiger partial charge in [0.1, 0.15) is 0 Å². The van der Waals surface area contributed by atoms with Crippen LogP contribution in [0.25, 0.3) is 21.8 Å². The Morgan fingerprint density at radius 2 is 1.67 bits per heavy atom. The SMILES string of the molecule is Cc1ccc(N(C)C(=O)Nc2cc3cccnc3c3ncccc23)cc1C. The molecule has 0 fully saturated rings. The fraction of sp³-hybridized carbons (Fsp3) is 0.136. The minimum absolute atomic E-state index is 0.202. The molecule has 0 aliphatic heterocycles. The summed E-state index contributed by atoms with van der Waals surface area (Å²) in [4.78, 5) is 23.4. The average Bonchev–Trinajstić information content (AvgIpc) is 2.69. The molecular formula is C22H20N4O. The second-order valence-electron chi connectivity index (χ2n) is 6.66. The molecule has 4 aromatic rings. The molecule has 0 radical (unpaired) electrons. The van der Waals surface area contributed by atoms with Crippen LogP contribution in [0.3, 0.4) is 0 Å². The Kier molecular flexibility index (Phi) is 4.20. The Morgan fingerprint density at radius 1 is 0.926 bits per heavy atom. The van der Waals surface area contributed by atoms with Gasteiger partial charge in [-0.15, -0.1) is 0 Å². The van der Waals surface area contributed by atoms with Gasteiger partial charge in [-0.05, 0) is 61.4 Å². The third kappa shape index (κ3) is 3.08. The first-order chi connectivity index (χ1) is 13.0. The minimum atomic E-state index is -0.202. The molecule has 0 unspecified atom stereocenters. The van der Waals surface area contributed by atoms with Crippen molar-refractivity contribution in [3.63, 3.8) is 0 Å². The molecule has 1 N–H and O–H groups in total. The van der Waals surface area contributed by atoms with E-state index < -0.39 is 0 Å². The summed E-state index contributed by atoms with van der Waals surface area (Å²) in [5.74, 6) is 0. The van der Waals surface area contributed by atoms with Gasteiger partial charge >= 0.3 is 6.03 Å². The number of fused-ring (bicyclic) bond motifs is 3. The number of anilines is 2. The molecule has 0 aliphatic rings. The van der Waals surface area contributed by atoms with Gasteiger partial charge in [0, 0.05) is 35.9 Å². The molecular weight excluding hydrogens is 336 g/mol. The Hall–Kier alpha value is -3.47. The molecule has 0 saturated carbocycles. The summed E-state index contributed by atoms with van der Waals surface area (Å²) in [5.41, 5.74) is 5.53. The van der Waals surface area contributed by atoms with E-state index in [1.807, 2.05) is 55.5 Å². The van der Waals surface area contributed by atoms with Crippen molar-refractivity contribution in [2.75, 3.05) is 17.3 Å². The number of benzene rings is 2. The van der Waals surface area contributed by atoms with Gasteiger partial charge in [0.25, 0.3) is 0 Å². The smallest absolute Gasteiger partial charge is 0.307 e. The van der Waals surface area contributed by atoms with Gasteiger partial charge in [-0.1, -0.05) is 12.1 Å². The number of nitrogens with one attached hydrogen (secondary N) is 1. The van der Waals surface area contributed by atoms with E-state index in [1.165, 1.54) is 5.56 Å². The molecule has 134 valence electrons. The Bertz CT molecular complexity index is 1170. The number of nitrogens with zero attached hydrogens (tertiary/aromatic N) is 3. The summed E-state index contributed by atoms with van der Waals surface area (Å²) in [6.45, 7) is 4.10. The van der Waals surface area contributed by atoms with Gasteiger partial charge < -0.3 is 5.32 Å². The second kappa shape index (κ2) is 6.68. The van der Waals surface area contributed by atoms with E-state index in [1.54, 1.807) is 24.3 Å². The van der Waals surface area contributed by atoms with Crippen LogP contribution in [-0.2, 0) is 0 Å². The third-order valence-corrected chi connectivity index (χ3v) is 4.88. The molecule has 2 amide bonds. The topological polar surface area (TPSA) is 58.1 Å². The molecule has 27 heavy (non-hydrogen) atoms. The van der Waals surface area contributed by atoms with Crippen molar-refractivity contribution in [3.05, 3.63) is 72.1 Å².